The molecule has 5 atom stereocenters. The van der Waals surface area contributed by atoms with Crippen molar-refractivity contribution < 1.29 is 0 Å². The van der Waals surface area contributed by atoms with Crippen LogP contribution in [0, 0.1) is 29.1 Å². The summed E-state index contributed by atoms with van der Waals surface area (Å²) in [4.78, 5) is 0. The van der Waals surface area contributed by atoms with Crippen LogP contribution >= 0.6 is 0 Å². The summed E-state index contributed by atoms with van der Waals surface area (Å²) in [6, 6.07) is 0. The van der Waals surface area contributed by atoms with Crippen LogP contribution in [0.2, 0.25) is 0 Å². The van der Waals surface area contributed by atoms with E-state index in [1.807, 2.05) is 0 Å². The highest BCUT2D eigenvalue weighted by Gasteiger charge is 2.50. The molecular formula is C16H28. The number of hydrogen-bond acceptors (Lipinski definition) is 0. The predicted octanol–water partition coefficient (Wildman–Crippen LogP) is 5.03. The van der Waals surface area contributed by atoms with Gasteiger partial charge in [0.05, 0.1) is 0 Å². The van der Waals surface area contributed by atoms with E-state index in [2.05, 4.69) is 13.8 Å². The van der Waals surface area contributed by atoms with Crippen molar-refractivity contribution in [2.24, 2.45) is 29.1 Å². The van der Waals surface area contributed by atoms with Crippen LogP contribution in [0.3, 0.4) is 0 Å². The molecule has 16 heavy (non-hydrogen) atoms. The summed E-state index contributed by atoms with van der Waals surface area (Å²) >= 11 is 0. The zero-order valence-electron chi connectivity index (χ0n) is 11.2. The van der Waals surface area contributed by atoms with Gasteiger partial charge in [0, 0.05) is 0 Å². The Bertz CT molecular complexity index is 257. The standard InChI is InChI=1S/C16H28/c1-3-12-6-7-13(11-12)14-8-10-16(2)9-4-5-15(14)16/h12-15H,3-11H2,1-2H3. The second-order valence-electron chi connectivity index (χ2n) is 7.20. The molecule has 0 spiro atoms. The highest BCUT2D eigenvalue weighted by Crippen LogP contribution is 2.60. The van der Waals surface area contributed by atoms with E-state index in [9.17, 15) is 0 Å². The molecule has 5 unspecified atom stereocenters. The van der Waals surface area contributed by atoms with Crippen LogP contribution in [0.5, 0.6) is 0 Å². The Morgan fingerprint density at radius 3 is 2.69 bits per heavy atom. The molecule has 0 heteroatoms. The van der Waals surface area contributed by atoms with Crippen molar-refractivity contribution in [1.29, 1.82) is 0 Å². The van der Waals surface area contributed by atoms with Crippen molar-refractivity contribution in [3.63, 3.8) is 0 Å². The van der Waals surface area contributed by atoms with Gasteiger partial charge in [-0.25, -0.2) is 0 Å². The van der Waals surface area contributed by atoms with E-state index in [-0.39, 0.29) is 0 Å². The molecule has 0 aromatic carbocycles. The fourth-order valence-electron chi connectivity index (χ4n) is 5.44. The third-order valence-electron chi connectivity index (χ3n) is 6.49. The first-order valence-corrected chi connectivity index (χ1v) is 7.73. The molecule has 3 rings (SSSR count). The third-order valence-corrected chi connectivity index (χ3v) is 6.49. The van der Waals surface area contributed by atoms with Crippen molar-refractivity contribution in [3.05, 3.63) is 0 Å². The minimum Gasteiger partial charge on any atom is -0.0651 e. The normalized spacial score (nSPS) is 52.1. The second-order valence-corrected chi connectivity index (χ2v) is 7.20. The van der Waals surface area contributed by atoms with Gasteiger partial charge >= 0.3 is 0 Å². The Hall–Kier alpha value is 0. The Balaban J connectivity index is 1.68. The van der Waals surface area contributed by atoms with E-state index in [4.69, 9.17) is 0 Å². The third kappa shape index (κ3) is 1.64. The van der Waals surface area contributed by atoms with E-state index in [1.54, 1.807) is 38.5 Å². The van der Waals surface area contributed by atoms with Gasteiger partial charge in [-0.2, -0.15) is 0 Å². The van der Waals surface area contributed by atoms with Gasteiger partial charge in [-0.1, -0.05) is 33.1 Å². The zero-order chi connectivity index (χ0) is 11.2. The molecule has 0 nitrogen and oxygen atoms in total. The molecule has 0 heterocycles. The molecule has 0 aromatic rings. The minimum atomic E-state index is 0.773. The van der Waals surface area contributed by atoms with E-state index < -0.39 is 0 Å². The fraction of sp³-hybridized carbons (Fsp3) is 1.00. The molecule has 0 N–H and O–H groups in total. The quantitative estimate of drug-likeness (QED) is 0.612. The van der Waals surface area contributed by atoms with Gasteiger partial charge in [-0.05, 0) is 67.6 Å². The molecule has 0 aromatic heterocycles. The molecule has 3 aliphatic rings. The first-order valence-electron chi connectivity index (χ1n) is 7.73. The lowest BCUT2D eigenvalue weighted by Crippen LogP contribution is -2.23. The fourth-order valence-corrected chi connectivity index (χ4v) is 5.44. The van der Waals surface area contributed by atoms with Gasteiger partial charge in [-0.15, -0.1) is 0 Å². The van der Waals surface area contributed by atoms with Crippen molar-refractivity contribution >= 4 is 0 Å². The second kappa shape index (κ2) is 4.03. The summed E-state index contributed by atoms with van der Waals surface area (Å²) in [6.45, 7) is 4.98. The monoisotopic (exact) mass is 220 g/mol. The average molecular weight is 220 g/mol. The van der Waals surface area contributed by atoms with Crippen LogP contribution in [0.4, 0.5) is 0 Å². The largest absolute Gasteiger partial charge is 0.0651 e. The molecule has 92 valence electrons. The lowest BCUT2D eigenvalue weighted by atomic mass is 9.75. The number of hydrogen-bond donors (Lipinski definition) is 0. The van der Waals surface area contributed by atoms with Crippen LogP contribution in [-0.2, 0) is 0 Å². The number of rotatable bonds is 2. The molecule has 3 aliphatic carbocycles. The van der Waals surface area contributed by atoms with E-state index >= 15 is 0 Å². The first-order chi connectivity index (χ1) is 7.73. The Morgan fingerprint density at radius 1 is 1.06 bits per heavy atom. The molecular weight excluding hydrogens is 192 g/mol. The summed E-state index contributed by atoms with van der Waals surface area (Å²) in [5.74, 6) is 4.45. The summed E-state index contributed by atoms with van der Waals surface area (Å²) in [5, 5.41) is 0. The van der Waals surface area contributed by atoms with E-state index in [0.717, 1.165) is 29.1 Å². The Labute approximate surface area is 101 Å². The van der Waals surface area contributed by atoms with Crippen molar-refractivity contribution in [2.45, 2.75) is 71.6 Å². The number of fused-ring (bicyclic) bond motifs is 1. The highest BCUT2D eigenvalue weighted by atomic mass is 14.6. The molecule has 0 bridgehead atoms. The highest BCUT2D eigenvalue weighted by molar-refractivity contribution is 5.00. The molecule has 0 saturated heterocycles. The molecule has 3 fully saturated rings. The van der Waals surface area contributed by atoms with Crippen molar-refractivity contribution in [3.8, 4) is 0 Å². The van der Waals surface area contributed by atoms with Gasteiger partial charge in [0.15, 0.2) is 0 Å². The summed E-state index contributed by atoms with van der Waals surface area (Å²) < 4.78 is 0. The van der Waals surface area contributed by atoms with Crippen molar-refractivity contribution in [2.75, 3.05) is 0 Å². The molecule has 3 saturated carbocycles. The van der Waals surface area contributed by atoms with Crippen LogP contribution in [-0.4, -0.2) is 0 Å². The molecule has 0 amide bonds. The van der Waals surface area contributed by atoms with E-state index in [0.29, 0.717) is 0 Å². The van der Waals surface area contributed by atoms with Crippen LogP contribution in [0.15, 0.2) is 0 Å². The van der Waals surface area contributed by atoms with E-state index in [1.165, 1.54) is 19.3 Å². The summed E-state index contributed by atoms with van der Waals surface area (Å²) in [6.07, 6.45) is 13.9. The SMILES string of the molecule is CCC1CCC(C2CCC3(C)CCCC23)C1. The van der Waals surface area contributed by atoms with Crippen LogP contribution in [0.1, 0.15) is 71.6 Å². The maximum Gasteiger partial charge on any atom is -0.0295 e. The van der Waals surface area contributed by atoms with Crippen LogP contribution < -0.4 is 0 Å². The Morgan fingerprint density at radius 2 is 1.94 bits per heavy atom. The van der Waals surface area contributed by atoms with Gasteiger partial charge < -0.3 is 0 Å². The van der Waals surface area contributed by atoms with Gasteiger partial charge in [0.2, 0.25) is 0 Å². The predicted molar refractivity (Wildman–Crippen MR) is 69.3 cm³/mol. The topological polar surface area (TPSA) is 0 Å². The van der Waals surface area contributed by atoms with Crippen LogP contribution in [0.25, 0.3) is 0 Å². The lowest BCUT2D eigenvalue weighted by Gasteiger charge is -2.30. The smallest absolute Gasteiger partial charge is 0.0295 e. The maximum atomic E-state index is 2.59. The van der Waals surface area contributed by atoms with Crippen molar-refractivity contribution in [1.82, 2.24) is 0 Å². The van der Waals surface area contributed by atoms with Gasteiger partial charge in [0.25, 0.3) is 0 Å². The lowest BCUT2D eigenvalue weighted by molar-refractivity contribution is 0.189. The van der Waals surface area contributed by atoms with Gasteiger partial charge in [0.1, 0.15) is 0 Å². The molecule has 0 radical (unpaired) electrons. The summed E-state index contributed by atoms with van der Waals surface area (Å²) in [5.41, 5.74) is 0.773. The maximum absolute atomic E-state index is 2.59. The zero-order valence-corrected chi connectivity index (χ0v) is 11.2. The first kappa shape index (κ1) is 11.1. The molecule has 0 aliphatic heterocycles. The average Bonchev–Trinajstić information content (AvgIpc) is 2.91. The Kier molecular flexibility index (Phi) is 2.80. The minimum absolute atomic E-state index is 0.773. The van der Waals surface area contributed by atoms with Gasteiger partial charge in [-0.3, -0.25) is 0 Å². The summed E-state index contributed by atoms with van der Waals surface area (Å²) in [7, 11) is 0.